The van der Waals surface area contributed by atoms with Gasteiger partial charge in [0.25, 0.3) is 0 Å². The first-order valence-corrected chi connectivity index (χ1v) is 7.18. The normalized spacial score (nSPS) is 21.1. The first-order chi connectivity index (χ1) is 7.50. The van der Waals surface area contributed by atoms with Gasteiger partial charge >= 0.3 is 49.7 Å². The van der Waals surface area contributed by atoms with Crippen molar-refractivity contribution in [2.24, 2.45) is 5.92 Å². The van der Waals surface area contributed by atoms with Crippen LogP contribution in [0.3, 0.4) is 0 Å². The number of carbonyl (C=O) groups is 2. The molecule has 19 heavy (non-hydrogen) atoms. The molecule has 1 heterocycles. The molecule has 2 atom stereocenters. The maximum Gasteiger partial charge on any atom is 1.00 e. The van der Waals surface area contributed by atoms with Crippen LogP contribution in [0, 0.1) is 5.92 Å². The summed E-state index contributed by atoms with van der Waals surface area (Å²) in [5, 5.41) is -2.30. The average molecular weight is 300 g/mol. The molecule has 0 aromatic carbocycles. The zero-order valence-corrected chi connectivity index (χ0v) is 11.7. The van der Waals surface area contributed by atoms with Gasteiger partial charge in [0.15, 0.2) is 0 Å². The molecule has 1 saturated heterocycles. The summed E-state index contributed by atoms with van der Waals surface area (Å²) in [5.41, 5.74) is 0. The predicted octanol–water partition coefficient (Wildman–Crippen LogP) is -8.46. The van der Waals surface area contributed by atoms with Gasteiger partial charge in [-0.15, -0.1) is 0 Å². The Balaban J connectivity index is 0. The minimum absolute atomic E-state index is 0. The van der Waals surface area contributed by atoms with Crippen molar-refractivity contribution in [3.05, 3.63) is 0 Å². The Hall–Kier alpha value is 0.155. The molecule has 0 spiro atoms. The summed E-state index contributed by atoms with van der Waals surface area (Å²) in [6.45, 7) is 0. The third-order valence-corrected chi connectivity index (χ3v) is 4.31. The summed E-state index contributed by atoms with van der Waals surface area (Å²) in [7, 11) is -10.3. The fourth-order valence-corrected chi connectivity index (χ4v) is 3.79. The van der Waals surface area contributed by atoms with Crippen LogP contribution in [0.25, 0.3) is 0 Å². The van der Waals surface area contributed by atoms with Crippen LogP contribution in [0.4, 0.5) is 0 Å². The third kappa shape index (κ3) is 6.43. The van der Waals surface area contributed by atoms with Crippen LogP contribution < -0.4 is 37.7 Å². The molecular weight excluding hydrogens is 294 g/mol. The van der Waals surface area contributed by atoms with Crippen molar-refractivity contribution in [2.45, 2.75) is 11.7 Å². The van der Waals surface area contributed by atoms with E-state index in [0.717, 1.165) is 0 Å². The Kier molecular flexibility index (Phi) is 8.18. The van der Waals surface area contributed by atoms with E-state index >= 15 is 0 Å². The summed E-state index contributed by atoms with van der Waals surface area (Å²) >= 11 is 0. The van der Waals surface area contributed by atoms with Gasteiger partial charge in [0.2, 0.25) is 0 Å². The van der Waals surface area contributed by atoms with Crippen molar-refractivity contribution in [1.29, 1.82) is 0 Å². The molecule has 1 aliphatic heterocycles. The zero-order chi connectivity index (χ0) is 13.4. The molecule has 0 N–H and O–H groups in total. The van der Waals surface area contributed by atoms with Crippen LogP contribution in [0.2, 0.25) is 0 Å². The average Bonchev–Trinajstić information content (AvgIpc) is 2.37. The molecule has 0 aliphatic carbocycles. The molecule has 9 nitrogen and oxygen atoms in total. The summed E-state index contributed by atoms with van der Waals surface area (Å²) in [6, 6.07) is 0. The number of ether oxygens (including phenoxy) is 1. The second kappa shape index (κ2) is 7.25. The Morgan fingerprint density at radius 1 is 1.16 bits per heavy atom. The predicted molar refractivity (Wildman–Crippen MR) is 47.3 cm³/mol. The third-order valence-electron chi connectivity index (χ3n) is 2.09. The van der Waals surface area contributed by atoms with Gasteiger partial charge in [0, 0.05) is 0 Å². The molecule has 1 fully saturated rings. The molecule has 0 radical (unpaired) electrons. The number of hydrogen-bond donors (Lipinski definition) is 0. The van der Waals surface area contributed by atoms with E-state index in [1.165, 1.54) is 0 Å². The Labute approximate surface area is 133 Å². The van der Waals surface area contributed by atoms with E-state index < -0.39 is 55.5 Å². The van der Waals surface area contributed by atoms with E-state index in [9.17, 15) is 35.5 Å². The zero-order valence-electron chi connectivity index (χ0n) is 10.1. The fourth-order valence-electron chi connectivity index (χ4n) is 1.38. The fraction of sp³-hybridized carbons (Fsp3) is 0.667. The first kappa shape index (κ1) is 21.5. The van der Waals surface area contributed by atoms with Crippen molar-refractivity contribution in [2.75, 3.05) is 5.75 Å². The number of cyclic esters (lactones) is 2. The molecule has 0 bridgehead atoms. The van der Waals surface area contributed by atoms with Crippen LogP contribution in [0.5, 0.6) is 0 Å². The van der Waals surface area contributed by atoms with Crippen molar-refractivity contribution in [3.63, 3.8) is 0 Å². The van der Waals surface area contributed by atoms with Crippen LogP contribution in [0.15, 0.2) is 0 Å². The second-order valence-electron chi connectivity index (χ2n) is 3.36. The van der Waals surface area contributed by atoms with Gasteiger partial charge in [0.1, 0.15) is 0 Å². The van der Waals surface area contributed by atoms with Gasteiger partial charge in [-0.05, 0) is 0 Å². The number of esters is 2. The van der Waals surface area contributed by atoms with Crippen molar-refractivity contribution in [1.82, 2.24) is 0 Å². The molecule has 0 aromatic rings. The summed E-state index contributed by atoms with van der Waals surface area (Å²) in [5.74, 6) is -5.69. The number of hydrogen-bond acceptors (Lipinski definition) is 9. The van der Waals surface area contributed by atoms with Crippen molar-refractivity contribution < 1.29 is 78.0 Å². The maximum atomic E-state index is 11.0. The molecule has 0 saturated carbocycles. The molecule has 13 heteroatoms. The Morgan fingerprint density at radius 2 is 1.63 bits per heavy atom. The van der Waals surface area contributed by atoms with E-state index in [1.807, 2.05) is 0 Å². The topological polar surface area (TPSA) is 158 Å². The largest absolute Gasteiger partial charge is 1.00 e. The summed E-state index contributed by atoms with van der Waals surface area (Å²) in [6.07, 6.45) is -0.736. The minimum atomic E-state index is -5.22. The van der Waals surface area contributed by atoms with Gasteiger partial charge in [0.05, 0.1) is 43.6 Å². The van der Waals surface area contributed by atoms with E-state index in [-0.39, 0.29) is 37.7 Å². The maximum absolute atomic E-state index is 11.0. The monoisotopic (exact) mass is 300 g/mol. The molecule has 1 rings (SSSR count). The SMILES string of the molecule is O=C1CC(C(CS(=O)(=O)[O-])S(=O)(=O)[O-])C(=O)O1.[Li+].[Li+]. The molecular formula is C6H6Li2O9S2. The molecule has 2 unspecified atom stereocenters. The Bertz CT molecular complexity index is 551. The first-order valence-electron chi connectivity index (χ1n) is 4.13. The molecule has 0 aromatic heterocycles. The number of carbonyl (C=O) groups excluding carboxylic acids is 2. The van der Waals surface area contributed by atoms with Gasteiger partial charge in [-0.3, -0.25) is 9.59 Å². The van der Waals surface area contributed by atoms with Crippen molar-refractivity contribution in [3.8, 4) is 0 Å². The van der Waals surface area contributed by atoms with Crippen molar-refractivity contribution >= 4 is 32.2 Å². The van der Waals surface area contributed by atoms with Crippen LogP contribution >= 0.6 is 0 Å². The van der Waals surface area contributed by atoms with E-state index in [4.69, 9.17) is 0 Å². The molecule has 0 amide bonds. The summed E-state index contributed by atoms with van der Waals surface area (Å²) in [4.78, 5) is 21.7. The number of rotatable bonds is 4. The van der Waals surface area contributed by atoms with Gasteiger partial charge < -0.3 is 13.8 Å². The van der Waals surface area contributed by atoms with Gasteiger partial charge in [-0.1, -0.05) is 0 Å². The molecule has 98 valence electrons. The second-order valence-corrected chi connectivity index (χ2v) is 6.40. The van der Waals surface area contributed by atoms with Crippen LogP contribution in [-0.2, 0) is 34.6 Å². The van der Waals surface area contributed by atoms with Crippen LogP contribution in [0.1, 0.15) is 6.42 Å². The van der Waals surface area contributed by atoms with Gasteiger partial charge in [-0.25, -0.2) is 16.8 Å². The molecule has 1 aliphatic rings. The van der Waals surface area contributed by atoms with E-state index in [1.54, 1.807) is 0 Å². The van der Waals surface area contributed by atoms with E-state index in [2.05, 4.69) is 4.74 Å². The smallest absolute Gasteiger partial charge is 0.748 e. The van der Waals surface area contributed by atoms with Gasteiger partial charge in [-0.2, -0.15) is 0 Å². The quantitative estimate of drug-likeness (QED) is 0.213. The van der Waals surface area contributed by atoms with E-state index in [0.29, 0.717) is 0 Å². The Morgan fingerprint density at radius 3 is 1.89 bits per heavy atom. The summed E-state index contributed by atoms with van der Waals surface area (Å²) < 4.78 is 67.6. The standard InChI is InChI=1S/C6H8O9S2.2Li/c7-5-1-3(6(8)15-5)4(17(12,13)14)2-16(9,10)11;;/h3-4H,1-2H2,(H,9,10,11)(H,12,13,14);;/q;2*+1/p-2. The minimum Gasteiger partial charge on any atom is -0.748 e. The van der Waals surface area contributed by atoms with Crippen LogP contribution in [-0.4, -0.2) is 48.9 Å².